The number of aromatic nitrogens is 2. The summed E-state index contributed by atoms with van der Waals surface area (Å²) in [6, 6.07) is 4.30. The average molecular weight is 399 g/mol. The van der Waals surface area contributed by atoms with Crippen LogP contribution in [-0.4, -0.2) is 43.5 Å². The Morgan fingerprint density at radius 1 is 1.42 bits per heavy atom. The first-order chi connectivity index (χ1) is 11.4. The molecule has 0 saturated heterocycles. The van der Waals surface area contributed by atoms with Crippen LogP contribution in [0.4, 0.5) is 5.69 Å². The smallest absolute Gasteiger partial charge is 0.269 e. The third kappa shape index (κ3) is 4.60. The van der Waals surface area contributed by atoms with Gasteiger partial charge in [-0.25, -0.2) is 0 Å². The Labute approximate surface area is 145 Å². The van der Waals surface area contributed by atoms with Gasteiger partial charge in [-0.1, -0.05) is 0 Å². The van der Waals surface area contributed by atoms with Crippen LogP contribution in [-0.2, 0) is 11.3 Å². The van der Waals surface area contributed by atoms with Gasteiger partial charge in [0, 0.05) is 18.3 Å². The molecule has 0 aliphatic heterocycles. The first-order valence-corrected chi connectivity index (χ1v) is 7.70. The molecule has 1 aromatic carbocycles. The summed E-state index contributed by atoms with van der Waals surface area (Å²) in [5.41, 5.74) is 0.238. The van der Waals surface area contributed by atoms with E-state index in [0.29, 0.717) is 5.56 Å². The average Bonchev–Trinajstić information content (AvgIpc) is 2.96. The molecule has 0 bridgehead atoms. The van der Waals surface area contributed by atoms with Crippen molar-refractivity contribution in [3.05, 3.63) is 56.8 Å². The molecule has 2 atom stereocenters. The van der Waals surface area contributed by atoms with Crippen molar-refractivity contribution in [2.24, 2.45) is 0 Å². The number of aliphatic hydroxyl groups is 2. The number of hydrogen-bond donors (Lipinski definition) is 3. The zero-order valence-corrected chi connectivity index (χ0v) is 14.0. The van der Waals surface area contributed by atoms with E-state index in [4.69, 9.17) is 0 Å². The van der Waals surface area contributed by atoms with Crippen molar-refractivity contribution < 1.29 is 19.9 Å². The Balaban J connectivity index is 2.01. The number of nitrogens with one attached hydrogen (secondary N) is 1. The number of aliphatic hydroxyl groups excluding tert-OH is 2. The molecule has 9 nitrogen and oxygen atoms in total. The maximum absolute atomic E-state index is 12.0. The molecule has 0 fully saturated rings. The number of carbonyl (C=O) groups excluding carboxylic acids is 1. The van der Waals surface area contributed by atoms with Crippen molar-refractivity contribution in [3.63, 3.8) is 0 Å². The molecule has 0 spiro atoms. The summed E-state index contributed by atoms with van der Waals surface area (Å²) < 4.78 is 2.12. The second-order valence-electron chi connectivity index (χ2n) is 5.01. The predicted octanol–water partition coefficient (Wildman–Crippen LogP) is 0.764. The lowest BCUT2D eigenvalue weighted by Crippen LogP contribution is -2.43. The number of nitrogens with zero attached hydrogens (tertiary/aromatic N) is 3. The third-order valence-electron chi connectivity index (χ3n) is 3.28. The van der Waals surface area contributed by atoms with Crippen molar-refractivity contribution in [2.75, 3.05) is 6.61 Å². The van der Waals surface area contributed by atoms with E-state index in [9.17, 15) is 25.1 Å². The van der Waals surface area contributed by atoms with Crippen LogP contribution in [0.3, 0.4) is 0 Å². The maximum atomic E-state index is 12.0. The lowest BCUT2D eigenvalue weighted by Gasteiger charge is -2.22. The van der Waals surface area contributed by atoms with Gasteiger partial charge < -0.3 is 15.5 Å². The molecule has 128 valence electrons. The fourth-order valence-corrected chi connectivity index (χ4v) is 2.40. The van der Waals surface area contributed by atoms with E-state index in [0.717, 1.165) is 4.47 Å². The molecule has 1 heterocycles. The van der Waals surface area contributed by atoms with Gasteiger partial charge in [0.05, 0.1) is 28.2 Å². The van der Waals surface area contributed by atoms with E-state index >= 15 is 0 Å². The van der Waals surface area contributed by atoms with Crippen LogP contribution in [0.2, 0.25) is 0 Å². The molecule has 0 radical (unpaired) electrons. The van der Waals surface area contributed by atoms with Crippen molar-refractivity contribution in [3.8, 4) is 0 Å². The van der Waals surface area contributed by atoms with Gasteiger partial charge in [-0.3, -0.25) is 19.6 Å². The van der Waals surface area contributed by atoms with Crippen molar-refractivity contribution >= 4 is 27.5 Å². The van der Waals surface area contributed by atoms with Crippen LogP contribution in [0.5, 0.6) is 0 Å². The van der Waals surface area contributed by atoms with Crippen LogP contribution in [0.25, 0.3) is 0 Å². The Morgan fingerprint density at radius 2 is 2.08 bits per heavy atom. The first kappa shape index (κ1) is 18.0. The van der Waals surface area contributed by atoms with Crippen LogP contribution < -0.4 is 5.32 Å². The highest BCUT2D eigenvalue weighted by Gasteiger charge is 2.23. The van der Waals surface area contributed by atoms with Crippen molar-refractivity contribution in [1.82, 2.24) is 15.1 Å². The van der Waals surface area contributed by atoms with Gasteiger partial charge in [-0.15, -0.1) is 0 Å². The topological polar surface area (TPSA) is 131 Å². The minimum atomic E-state index is -1.20. The van der Waals surface area contributed by atoms with Gasteiger partial charge in [0.15, 0.2) is 0 Å². The summed E-state index contributed by atoms with van der Waals surface area (Å²) >= 11 is 3.21. The third-order valence-corrected chi connectivity index (χ3v) is 3.69. The van der Waals surface area contributed by atoms with Crippen molar-refractivity contribution in [1.29, 1.82) is 0 Å². The molecule has 0 saturated carbocycles. The zero-order valence-electron chi connectivity index (χ0n) is 12.4. The molecular weight excluding hydrogens is 384 g/mol. The summed E-state index contributed by atoms with van der Waals surface area (Å²) in [7, 11) is 0. The second-order valence-corrected chi connectivity index (χ2v) is 5.92. The van der Waals surface area contributed by atoms with E-state index in [1.54, 1.807) is 6.20 Å². The highest BCUT2D eigenvalue weighted by atomic mass is 79.9. The quantitative estimate of drug-likeness (QED) is 0.466. The molecule has 2 aromatic rings. The van der Waals surface area contributed by atoms with Gasteiger partial charge in [0.2, 0.25) is 5.91 Å². The van der Waals surface area contributed by atoms with Gasteiger partial charge in [-0.05, 0) is 33.6 Å². The summed E-state index contributed by atoms with van der Waals surface area (Å²) in [5.74, 6) is -0.439. The van der Waals surface area contributed by atoms with Crippen LogP contribution >= 0.6 is 15.9 Å². The van der Waals surface area contributed by atoms with E-state index in [1.165, 1.54) is 35.1 Å². The Bertz CT molecular complexity index is 718. The Morgan fingerprint density at radius 3 is 2.58 bits per heavy atom. The van der Waals surface area contributed by atoms with E-state index < -0.39 is 29.6 Å². The number of nitro benzene ring substituents is 1. The van der Waals surface area contributed by atoms with E-state index in [1.807, 2.05) is 0 Å². The molecule has 2 unspecified atom stereocenters. The van der Waals surface area contributed by atoms with Gasteiger partial charge in [0.1, 0.15) is 12.6 Å². The highest BCUT2D eigenvalue weighted by molar-refractivity contribution is 9.10. The Kier molecular flexibility index (Phi) is 6.01. The van der Waals surface area contributed by atoms with Crippen LogP contribution in [0.1, 0.15) is 11.7 Å². The number of amides is 1. The minimum Gasteiger partial charge on any atom is -0.394 e. The molecule has 0 aliphatic carbocycles. The molecule has 1 amide bonds. The highest BCUT2D eigenvalue weighted by Crippen LogP contribution is 2.20. The standard InChI is InChI=1S/C14H15BrN4O5/c15-10-5-16-18(6-10)7-13(21)17-12(8-20)14(22)9-1-3-11(4-2-9)19(23)24/h1-6,12,14,20,22H,7-8H2,(H,17,21). The van der Waals surface area contributed by atoms with E-state index in [2.05, 4.69) is 26.3 Å². The lowest BCUT2D eigenvalue weighted by atomic mass is 10.0. The monoisotopic (exact) mass is 398 g/mol. The molecule has 0 aliphatic rings. The van der Waals surface area contributed by atoms with Gasteiger partial charge >= 0.3 is 0 Å². The maximum Gasteiger partial charge on any atom is 0.269 e. The summed E-state index contributed by atoms with van der Waals surface area (Å²) in [6.07, 6.45) is 1.94. The van der Waals surface area contributed by atoms with Crippen molar-refractivity contribution in [2.45, 2.75) is 18.7 Å². The number of rotatable bonds is 7. The molecule has 24 heavy (non-hydrogen) atoms. The summed E-state index contributed by atoms with van der Waals surface area (Å²) in [4.78, 5) is 22.0. The number of benzene rings is 1. The second kappa shape index (κ2) is 7.99. The Hall–Kier alpha value is -2.30. The van der Waals surface area contributed by atoms with Gasteiger partial charge in [0.25, 0.3) is 5.69 Å². The normalized spacial score (nSPS) is 13.3. The first-order valence-electron chi connectivity index (χ1n) is 6.91. The molecule has 1 aromatic heterocycles. The fourth-order valence-electron chi connectivity index (χ4n) is 2.07. The zero-order chi connectivity index (χ0) is 17.7. The fraction of sp³-hybridized carbons (Fsp3) is 0.286. The summed E-state index contributed by atoms with van der Waals surface area (Å²) in [5, 5.41) is 36.7. The lowest BCUT2D eigenvalue weighted by molar-refractivity contribution is -0.384. The minimum absolute atomic E-state index is 0.0743. The molecule has 2 rings (SSSR count). The SMILES string of the molecule is O=C(Cn1cc(Br)cn1)NC(CO)C(O)c1ccc([N+](=O)[O-])cc1. The predicted molar refractivity (Wildman–Crippen MR) is 87.0 cm³/mol. The molecule has 3 N–H and O–H groups in total. The molecular formula is C14H15BrN4O5. The number of halogens is 1. The number of carbonyl (C=O) groups is 1. The summed E-state index contributed by atoms with van der Waals surface area (Å²) in [6.45, 7) is -0.568. The number of nitro groups is 1. The van der Waals surface area contributed by atoms with Crippen LogP contribution in [0.15, 0.2) is 41.1 Å². The molecule has 10 heteroatoms. The van der Waals surface area contributed by atoms with Gasteiger partial charge in [-0.2, -0.15) is 5.10 Å². The van der Waals surface area contributed by atoms with Crippen LogP contribution in [0, 0.1) is 10.1 Å². The number of hydrogen-bond acceptors (Lipinski definition) is 6. The number of non-ortho nitro benzene ring substituents is 1. The van der Waals surface area contributed by atoms with E-state index in [-0.39, 0.29) is 12.2 Å². The largest absolute Gasteiger partial charge is 0.394 e.